The van der Waals surface area contributed by atoms with E-state index in [4.69, 9.17) is 4.74 Å². The zero-order chi connectivity index (χ0) is 21.4. The number of nitrogens with one attached hydrogen (secondary N) is 1. The van der Waals surface area contributed by atoms with E-state index in [9.17, 15) is 9.59 Å². The molecule has 1 fully saturated rings. The Morgan fingerprint density at radius 3 is 2.38 bits per heavy atom. The molecular weight excluding hydrogens is 366 g/mol. The third kappa shape index (κ3) is 5.16. The maximum absolute atomic E-state index is 11.9. The Bertz CT molecular complexity index is 996. The maximum atomic E-state index is 11.9. The van der Waals surface area contributed by atoms with Crippen molar-refractivity contribution in [3.8, 4) is 0 Å². The molecule has 0 bridgehead atoms. The fourth-order valence-corrected chi connectivity index (χ4v) is 3.24. The van der Waals surface area contributed by atoms with Crippen LogP contribution >= 0.6 is 0 Å². The number of hydrogen-bond donors (Lipinski definition) is 1. The molecule has 1 aromatic carbocycles. The fourth-order valence-electron chi connectivity index (χ4n) is 3.24. The number of ether oxygens (including phenoxy) is 1. The van der Waals surface area contributed by atoms with Gasteiger partial charge in [0.25, 0.3) is 0 Å². The summed E-state index contributed by atoms with van der Waals surface area (Å²) in [6.45, 7) is 9.57. The lowest BCUT2D eigenvalue weighted by molar-refractivity contribution is -0.153. The number of carbonyl (C=O) groups is 2. The zero-order valence-corrected chi connectivity index (χ0v) is 17.5. The fraction of sp³-hybridized carbons (Fsp3) is 0.304. The number of allylic oxidation sites excluding steroid dienone is 6. The highest BCUT2D eigenvalue weighted by Crippen LogP contribution is 2.34. The second-order valence-corrected chi connectivity index (χ2v) is 6.67. The van der Waals surface area contributed by atoms with Gasteiger partial charge in [-0.3, -0.25) is 9.59 Å². The van der Waals surface area contributed by atoms with Crippen molar-refractivity contribution in [2.75, 3.05) is 0 Å². The third-order valence-electron chi connectivity index (χ3n) is 4.59. The molecule has 0 aliphatic carbocycles. The molecule has 2 aromatic rings. The van der Waals surface area contributed by atoms with Gasteiger partial charge in [-0.1, -0.05) is 48.6 Å². The molecule has 1 saturated heterocycles. The van der Waals surface area contributed by atoms with Crippen LogP contribution in [0.1, 0.15) is 33.3 Å². The van der Waals surface area contributed by atoms with Gasteiger partial charge in [-0.05, 0) is 57.4 Å². The summed E-state index contributed by atoms with van der Waals surface area (Å²) in [5.41, 5.74) is 4.85. The summed E-state index contributed by atoms with van der Waals surface area (Å²) in [5, 5.41) is 10.5. The molecule has 1 N–H and O–H groups in total. The normalized spacial score (nSPS) is 20.4. The highest BCUT2D eigenvalue weighted by Gasteiger charge is 2.44. The molecular formula is C23H27N3O3. The minimum absolute atomic E-state index is 0.468. The van der Waals surface area contributed by atoms with Gasteiger partial charge in [0.15, 0.2) is 0 Å². The molecule has 0 amide bonds. The van der Waals surface area contributed by atoms with Crippen molar-refractivity contribution >= 4 is 23.0 Å². The Kier molecular flexibility index (Phi) is 7.83. The molecule has 2 atom stereocenters. The monoisotopic (exact) mass is 393 g/mol. The van der Waals surface area contributed by atoms with E-state index in [1.54, 1.807) is 12.2 Å². The predicted octanol–water partition coefficient (Wildman–Crippen LogP) is 4.61. The van der Waals surface area contributed by atoms with E-state index in [-0.39, 0.29) is 0 Å². The van der Waals surface area contributed by atoms with Crippen molar-refractivity contribution in [2.24, 2.45) is 11.8 Å². The number of cyclic esters (lactones) is 2. The predicted molar refractivity (Wildman–Crippen MR) is 114 cm³/mol. The first kappa shape index (κ1) is 22.0. The molecule has 152 valence electrons. The SMILES string of the molecule is C/C=C/C(C)=C(/C=C/C)C1C(=O)OC(=O)C1/C=C/C.Cc1cccc2n[nH]nc12. The van der Waals surface area contributed by atoms with Crippen LogP contribution in [0, 0.1) is 18.8 Å². The standard InChI is InChI=1S/C16H20O3.C7H7N3/c1-5-8-11(4)12(9-6-2)14-13(10-7-3)15(17)19-16(14)18;1-5-3-2-4-6-7(5)9-10-8-6/h5-10,13-14H,1-4H3;2-4H,1H3,(H,8,9,10)/b8-5+,9-6+,10-7+,12-11-;. The van der Waals surface area contributed by atoms with Crippen LogP contribution < -0.4 is 0 Å². The Labute approximate surface area is 171 Å². The lowest BCUT2D eigenvalue weighted by Gasteiger charge is -2.14. The average molecular weight is 393 g/mol. The van der Waals surface area contributed by atoms with Crippen LogP contribution in [0.25, 0.3) is 11.0 Å². The second kappa shape index (κ2) is 10.3. The Morgan fingerprint density at radius 1 is 1.03 bits per heavy atom. The van der Waals surface area contributed by atoms with Gasteiger partial charge in [0, 0.05) is 0 Å². The number of esters is 2. The van der Waals surface area contributed by atoms with Crippen LogP contribution in [0.5, 0.6) is 0 Å². The van der Waals surface area contributed by atoms with Gasteiger partial charge in [0.1, 0.15) is 11.0 Å². The first-order valence-corrected chi connectivity index (χ1v) is 9.55. The summed E-state index contributed by atoms with van der Waals surface area (Å²) in [6, 6.07) is 5.93. The minimum atomic E-state index is -0.545. The first-order chi connectivity index (χ1) is 13.9. The van der Waals surface area contributed by atoms with Crippen LogP contribution in [-0.4, -0.2) is 27.3 Å². The van der Waals surface area contributed by atoms with Crippen molar-refractivity contribution in [1.82, 2.24) is 15.4 Å². The van der Waals surface area contributed by atoms with Crippen molar-refractivity contribution in [3.05, 3.63) is 71.4 Å². The number of carbonyl (C=O) groups excluding carboxylic acids is 2. The van der Waals surface area contributed by atoms with Gasteiger partial charge in [0.05, 0.1) is 11.8 Å². The van der Waals surface area contributed by atoms with Gasteiger partial charge < -0.3 is 4.74 Å². The summed E-state index contributed by atoms with van der Waals surface area (Å²) >= 11 is 0. The minimum Gasteiger partial charge on any atom is -0.392 e. The number of fused-ring (bicyclic) bond motifs is 1. The van der Waals surface area contributed by atoms with E-state index in [1.165, 1.54) is 0 Å². The van der Waals surface area contributed by atoms with Crippen molar-refractivity contribution < 1.29 is 14.3 Å². The summed E-state index contributed by atoms with van der Waals surface area (Å²) in [4.78, 5) is 23.6. The van der Waals surface area contributed by atoms with E-state index in [0.717, 1.165) is 27.7 Å². The summed E-state index contributed by atoms with van der Waals surface area (Å²) < 4.78 is 4.77. The molecule has 1 aromatic heterocycles. The van der Waals surface area contributed by atoms with Crippen LogP contribution in [0.3, 0.4) is 0 Å². The van der Waals surface area contributed by atoms with E-state index in [0.29, 0.717) is 0 Å². The Morgan fingerprint density at radius 2 is 1.76 bits per heavy atom. The van der Waals surface area contributed by atoms with Gasteiger partial charge in [-0.15, -0.1) is 0 Å². The number of rotatable bonds is 4. The van der Waals surface area contributed by atoms with Crippen molar-refractivity contribution in [1.29, 1.82) is 0 Å². The summed E-state index contributed by atoms with van der Waals surface area (Å²) in [5.74, 6) is -2.01. The average Bonchev–Trinajstić information content (AvgIpc) is 3.27. The van der Waals surface area contributed by atoms with Crippen LogP contribution in [-0.2, 0) is 14.3 Å². The molecule has 0 saturated carbocycles. The zero-order valence-electron chi connectivity index (χ0n) is 17.5. The number of aryl methyl sites for hydroxylation is 1. The van der Waals surface area contributed by atoms with Crippen LogP contribution in [0.4, 0.5) is 0 Å². The Balaban J connectivity index is 0.000000248. The quantitative estimate of drug-likeness (QED) is 0.355. The summed E-state index contributed by atoms with van der Waals surface area (Å²) in [7, 11) is 0. The molecule has 29 heavy (non-hydrogen) atoms. The second-order valence-electron chi connectivity index (χ2n) is 6.67. The van der Waals surface area contributed by atoms with E-state index < -0.39 is 23.8 Å². The molecule has 1 aliphatic rings. The molecule has 6 nitrogen and oxygen atoms in total. The molecule has 1 aliphatic heterocycles. The smallest absolute Gasteiger partial charge is 0.322 e. The maximum Gasteiger partial charge on any atom is 0.322 e. The number of benzene rings is 1. The molecule has 0 radical (unpaired) electrons. The van der Waals surface area contributed by atoms with Gasteiger partial charge in [0.2, 0.25) is 0 Å². The molecule has 3 rings (SSSR count). The van der Waals surface area contributed by atoms with Crippen molar-refractivity contribution in [2.45, 2.75) is 34.6 Å². The molecule has 0 spiro atoms. The van der Waals surface area contributed by atoms with E-state index >= 15 is 0 Å². The highest BCUT2D eigenvalue weighted by atomic mass is 16.6. The molecule has 2 unspecified atom stereocenters. The number of H-pyrrole nitrogens is 1. The molecule has 2 heterocycles. The highest BCUT2D eigenvalue weighted by molar-refractivity contribution is 5.99. The van der Waals surface area contributed by atoms with Crippen LogP contribution in [0.2, 0.25) is 0 Å². The van der Waals surface area contributed by atoms with E-state index in [1.807, 2.05) is 77.1 Å². The third-order valence-corrected chi connectivity index (χ3v) is 4.59. The topological polar surface area (TPSA) is 84.9 Å². The largest absolute Gasteiger partial charge is 0.392 e. The number of nitrogens with zero attached hydrogens (tertiary/aromatic N) is 2. The number of aromatic amines is 1. The lowest BCUT2D eigenvalue weighted by atomic mass is 9.84. The Hall–Kier alpha value is -3.28. The van der Waals surface area contributed by atoms with Crippen molar-refractivity contribution in [3.63, 3.8) is 0 Å². The van der Waals surface area contributed by atoms with Crippen LogP contribution in [0.15, 0.2) is 65.8 Å². The lowest BCUT2D eigenvalue weighted by Crippen LogP contribution is -2.18. The van der Waals surface area contributed by atoms with E-state index in [2.05, 4.69) is 15.4 Å². The van der Waals surface area contributed by atoms with Gasteiger partial charge in [-0.25, -0.2) is 0 Å². The number of hydrogen-bond acceptors (Lipinski definition) is 5. The summed E-state index contributed by atoms with van der Waals surface area (Å²) in [6.07, 6.45) is 11.1. The van der Waals surface area contributed by atoms with Gasteiger partial charge in [-0.2, -0.15) is 15.4 Å². The first-order valence-electron chi connectivity index (χ1n) is 9.55. The number of para-hydroxylation sites is 1. The van der Waals surface area contributed by atoms with Gasteiger partial charge >= 0.3 is 11.9 Å². The number of aromatic nitrogens is 3. The molecule has 6 heteroatoms.